The lowest BCUT2D eigenvalue weighted by Gasteiger charge is -2.23. The highest BCUT2D eigenvalue weighted by molar-refractivity contribution is 7.86. The van der Waals surface area contributed by atoms with Crippen LogP contribution in [0.4, 0.5) is 22.7 Å². The number of anilines is 4. The molecule has 0 spiro atoms. The van der Waals surface area contributed by atoms with Crippen LogP contribution in [0.15, 0.2) is 388 Å². The standard InChI is InChI=1S/C55H39N2O10P.C55H39N2O9P/c1-65-40-26-29-47(55(62)63)49(34-40)53(59)57-39-16-12-18-42(33-39)67-50-35-43(27-30-51(50)68(64,44-19-7-3-8-20-44)45-21-9-4-10-22-45)66-41-17-11-15-38(32-41)56-52(58)48-31-37(25-28-46(48)54(60)61)24-23-36-13-5-2-6-14-36;1-36-23-28-46(54(60)61)48(31-36)52(58)56-39-15-11-17-41(33-39)65-43-27-30-51(67(64,44-19-7-3-8-20-44)45-21-9-4-10-22-45)50(35-43)66-42-18-12-16-40(34-42)57-53(59)49-32-38(26-29-47(49)55(62)63)25-24-37-13-5-2-6-14-37/h2-22,25-35H,1H3,(H,56,58)(H,57,59)(H,60,61)(H,62,63);2-23,26-35H,1H3,(H,56,58)(H,57,59)(H,60,61)(H,62,63). The van der Waals surface area contributed by atoms with Gasteiger partial charge in [-0.15, -0.1) is 0 Å². The molecule has 0 fully saturated rings. The molecular weight excluding hydrogens is 1740 g/mol. The molecule has 25 heteroatoms. The van der Waals surface area contributed by atoms with Crippen LogP contribution in [-0.2, 0) is 9.13 Å². The number of hydrogen-bond donors (Lipinski definition) is 8. The molecule has 0 saturated carbocycles. The second-order valence-corrected chi connectivity index (χ2v) is 35.6. The van der Waals surface area contributed by atoms with Gasteiger partial charge in [0.05, 0.1) is 62.2 Å². The number of carbonyl (C=O) groups excluding carboxylic acids is 4. The Labute approximate surface area is 774 Å². The van der Waals surface area contributed by atoms with E-state index in [-0.39, 0.29) is 90.4 Å². The number of benzene rings is 16. The van der Waals surface area contributed by atoms with Gasteiger partial charge < -0.3 is 74.5 Å². The predicted octanol–water partition coefficient (Wildman–Crippen LogP) is 20.7. The van der Waals surface area contributed by atoms with E-state index >= 15 is 9.13 Å². The first kappa shape index (κ1) is 91.6. The number of ether oxygens (including phenoxy) is 5. The first-order valence-corrected chi connectivity index (χ1v) is 45.1. The van der Waals surface area contributed by atoms with Gasteiger partial charge in [0.25, 0.3) is 23.6 Å². The van der Waals surface area contributed by atoms with E-state index in [0.29, 0.717) is 71.6 Å². The molecule has 0 aliphatic carbocycles. The molecule has 0 aliphatic heterocycles. The quantitative estimate of drug-likeness (QED) is 0.0175. The SMILES string of the molecule is COc1ccc(C(=O)O)c(C(=O)Nc2cccc(Oc3cc(Oc4cccc(NC(=O)c5cc(C#Cc6ccccc6)ccc5C(=O)O)c4)ccc3P(=O)(c3ccccc3)c3ccccc3)c2)c1.Cc1ccc(C(=O)O)c(C(=O)Nc2cccc(Oc3ccc(P(=O)(c4ccccc4)c4ccccc4)c(Oc4cccc(NC(=O)c5cc(C#Cc6ccccc6)ccc5C(=O)O)c4)c3)c2)c1. The molecule has 16 rings (SSSR count). The van der Waals surface area contributed by atoms with Crippen molar-refractivity contribution in [3.63, 3.8) is 0 Å². The zero-order valence-corrected chi connectivity index (χ0v) is 73.5. The van der Waals surface area contributed by atoms with E-state index in [2.05, 4.69) is 44.9 Å². The normalized spacial score (nSPS) is 10.7. The Hall–Kier alpha value is -18.1. The molecule has 23 nitrogen and oxygen atoms in total. The van der Waals surface area contributed by atoms with Crippen molar-refractivity contribution in [2.24, 2.45) is 0 Å². The molecule has 0 bridgehead atoms. The number of rotatable bonds is 27. The second-order valence-electron chi connectivity index (χ2n) is 30.1. The molecule has 16 aromatic rings. The van der Waals surface area contributed by atoms with Crippen molar-refractivity contribution in [1.29, 1.82) is 0 Å². The van der Waals surface area contributed by atoms with E-state index < -0.39 is 61.8 Å². The largest absolute Gasteiger partial charge is 0.497 e. The summed E-state index contributed by atoms with van der Waals surface area (Å²) < 4.78 is 62.6. The number of amides is 4. The highest BCUT2D eigenvalue weighted by atomic mass is 31.2. The number of aryl methyl sites for hydroxylation is 1. The fourth-order valence-electron chi connectivity index (χ4n) is 14.5. The molecule has 4 amide bonds. The molecular formula is C110H78N4O19P2. The third-order valence-electron chi connectivity index (χ3n) is 20.9. The van der Waals surface area contributed by atoms with Crippen molar-refractivity contribution in [3.8, 4) is 75.4 Å². The summed E-state index contributed by atoms with van der Waals surface area (Å²) in [5.41, 5.74) is 3.26. The molecule has 0 atom stereocenters. The Morgan fingerprint density at radius 2 is 0.511 bits per heavy atom. The summed E-state index contributed by atoms with van der Waals surface area (Å²) in [6.07, 6.45) is 0. The fourth-order valence-corrected chi connectivity index (χ4v) is 19.9. The number of methoxy groups -OCH3 is 1. The summed E-state index contributed by atoms with van der Waals surface area (Å²) in [7, 11) is -5.90. The third-order valence-corrected chi connectivity index (χ3v) is 27.1. The zero-order valence-electron chi connectivity index (χ0n) is 71.8. The molecule has 0 unspecified atom stereocenters. The molecule has 0 radical (unpaired) electrons. The van der Waals surface area contributed by atoms with E-state index in [9.17, 15) is 58.8 Å². The van der Waals surface area contributed by atoms with Crippen molar-refractivity contribution in [3.05, 3.63) is 461 Å². The van der Waals surface area contributed by atoms with Gasteiger partial charge in [-0.3, -0.25) is 19.2 Å². The zero-order chi connectivity index (χ0) is 94.5. The van der Waals surface area contributed by atoms with Crippen LogP contribution >= 0.6 is 14.3 Å². The van der Waals surface area contributed by atoms with Gasteiger partial charge in [-0.2, -0.15) is 0 Å². The van der Waals surface area contributed by atoms with Gasteiger partial charge in [0.2, 0.25) is 0 Å². The third kappa shape index (κ3) is 22.2. The van der Waals surface area contributed by atoms with Crippen molar-refractivity contribution < 1.29 is 91.6 Å². The summed E-state index contributed by atoms with van der Waals surface area (Å²) in [5.74, 6) is 6.52. The fraction of sp³-hybridized carbons (Fsp3) is 0.0182. The molecule has 662 valence electrons. The Bertz CT molecular complexity index is 7400. The van der Waals surface area contributed by atoms with Crippen LogP contribution in [0.2, 0.25) is 0 Å². The minimum atomic E-state index is -3.65. The molecule has 135 heavy (non-hydrogen) atoms. The van der Waals surface area contributed by atoms with Gasteiger partial charge in [0.15, 0.2) is 14.3 Å². The average molecular weight is 1820 g/mol. The molecule has 8 N–H and O–H groups in total. The van der Waals surface area contributed by atoms with Crippen LogP contribution in [0, 0.1) is 30.6 Å². The van der Waals surface area contributed by atoms with Gasteiger partial charge in [-0.05, 0) is 171 Å². The molecule has 0 heterocycles. The Kier molecular flexibility index (Phi) is 28.5. The topological polar surface area (TPSA) is 346 Å². The highest BCUT2D eigenvalue weighted by Crippen LogP contribution is 2.49. The van der Waals surface area contributed by atoms with Crippen LogP contribution in [0.5, 0.6) is 51.7 Å². The number of carboxylic acids is 4. The van der Waals surface area contributed by atoms with E-state index in [1.807, 2.05) is 109 Å². The summed E-state index contributed by atoms with van der Waals surface area (Å²) in [6.45, 7) is 1.76. The molecule has 0 aromatic heterocycles. The Balaban J connectivity index is 0.000000206. The minimum Gasteiger partial charge on any atom is -0.497 e. The van der Waals surface area contributed by atoms with E-state index in [1.165, 1.54) is 61.7 Å². The first-order chi connectivity index (χ1) is 65.4. The maximum Gasteiger partial charge on any atom is 0.336 e. The monoisotopic (exact) mass is 1820 g/mol. The van der Waals surface area contributed by atoms with Crippen molar-refractivity contribution in [2.75, 3.05) is 28.4 Å². The van der Waals surface area contributed by atoms with Crippen LogP contribution in [0.3, 0.4) is 0 Å². The van der Waals surface area contributed by atoms with Crippen molar-refractivity contribution >= 4 is 116 Å². The number of carboxylic acid groups (broad SMARTS) is 4. The van der Waals surface area contributed by atoms with Gasteiger partial charge in [0, 0.05) is 103 Å². The maximum absolute atomic E-state index is 15.7. The van der Waals surface area contributed by atoms with Gasteiger partial charge >= 0.3 is 23.9 Å². The number of carbonyl (C=O) groups is 8. The first-order valence-electron chi connectivity index (χ1n) is 41.7. The summed E-state index contributed by atoms with van der Waals surface area (Å²) in [6, 6.07) is 108. The van der Waals surface area contributed by atoms with Crippen LogP contribution < -0.4 is 76.8 Å². The van der Waals surface area contributed by atoms with E-state index in [4.69, 9.17) is 23.7 Å². The molecule has 0 saturated heterocycles. The lowest BCUT2D eigenvalue weighted by atomic mass is 10.0. The Morgan fingerprint density at radius 3 is 0.830 bits per heavy atom. The Morgan fingerprint density at radius 1 is 0.244 bits per heavy atom. The number of hydrogen-bond acceptors (Lipinski definition) is 15. The molecule has 16 aromatic carbocycles. The van der Waals surface area contributed by atoms with Gasteiger partial charge in [-0.1, -0.05) is 217 Å². The lowest BCUT2D eigenvalue weighted by molar-refractivity contribution is 0.0683. The maximum atomic E-state index is 15.7. The van der Waals surface area contributed by atoms with Crippen molar-refractivity contribution in [2.45, 2.75) is 6.92 Å². The van der Waals surface area contributed by atoms with Crippen LogP contribution in [0.1, 0.15) is 111 Å². The second kappa shape index (κ2) is 42.0. The number of nitrogens with one attached hydrogen (secondary N) is 4. The lowest BCUT2D eigenvalue weighted by Crippen LogP contribution is -2.26. The van der Waals surface area contributed by atoms with Gasteiger partial charge in [-0.25, -0.2) is 19.2 Å². The smallest absolute Gasteiger partial charge is 0.336 e. The summed E-state index contributed by atoms with van der Waals surface area (Å²) in [5, 5.41) is 53.3. The summed E-state index contributed by atoms with van der Waals surface area (Å²) >= 11 is 0. The van der Waals surface area contributed by atoms with E-state index in [0.717, 1.165) is 16.7 Å². The van der Waals surface area contributed by atoms with Crippen LogP contribution in [-0.4, -0.2) is 75.0 Å². The van der Waals surface area contributed by atoms with Gasteiger partial charge in [0.1, 0.15) is 51.7 Å². The minimum absolute atomic E-state index is 0.00435. The average Bonchev–Trinajstić information content (AvgIpc) is 0.753. The van der Waals surface area contributed by atoms with E-state index in [1.54, 1.807) is 231 Å². The van der Waals surface area contributed by atoms with Crippen molar-refractivity contribution in [1.82, 2.24) is 0 Å². The summed E-state index contributed by atoms with van der Waals surface area (Å²) in [4.78, 5) is 103. The number of aromatic carboxylic acids is 4. The van der Waals surface area contributed by atoms with Crippen LogP contribution in [0.25, 0.3) is 0 Å². The highest BCUT2D eigenvalue weighted by Gasteiger charge is 2.36. The molecule has 0 aliphatic rings. The predicted molar refractivity (Wildman–Crippen MR) is 519 cm³/mol.